The fourth-order valence-corrected chi connectivity index (χ4v) is 8.48. The topological polar surface area (TPSA) is 29.5 Å². The molecule has 0 spiro atoms. The molecule has 268 valence electrons. The average Bonchev–Trinajstić information content (AvgIpc) is 3.86. The van der Waals surface area contributed by atoms with Gasteiger partial charge in [0, 0.05) is 50.1 Å². The van der Waals surface area contributed by atoms with Crippen molar-refractivity contribution in [2.45, 2.75) is 0 Å². The molecule has 2 heterocycles. The first-order valence-electron chi connectivity index (χ1n) is 19.3. The van der Waals surface area contributed by atoms with Gasteiger partial charge in [0.1, 0.15) is 22.3 Å². The van der Waals surface area contributed by atoms with Gasteiger partial charge in [-0.3, -0.25) is 0 Å². The van der Waals surface area contributed by atoms with Gasteiger partial charge in [-0.15, -0.1) is 0 Å². The summed E-state index contributed by atoms with van der Waals surface area (Å²) in [5.41, 5.74) is 15.8. The first-order valence-corrected chi connectivity index (χ1v) is 19.3. The molecule has 3 nitrogen and oxygen atoms in total. The first kappa shape index (κ1) is 32.8. The van der Waals surface area contributed by atoms with E-state index in [1.165, 1.54) is 22.3 Å². The lowest BCUT2D eigenvalue weighted by atomic mass is 9.88. The second-order valence-corrected chi connectivity index (χ2v) is 14.4. The van der Waals surface area contributed by atoms with E-state index in [1.807, 2.05) is 24.3 Å². The van der Waals surface area contributed by atoms with Gasteiger partial charge in [0.05, 0.1) is 5.69 Å². The molecule has 57 heavy (non-hydrogen) atoms. The smallest absolute Gasteiger partial charge is 0.143 e. The molecule has 0 radical (unpaired) electrons. The van der Waals surface area contributed by atoms with Crippen molar-refractivity contribution in [2.75, 3.05) is 4.90 Å². The van der Waals surface area contributed by atoms with Crippen LogP contribution in [0.4, 0.5) is 17.1 Å². The summed E-state index contributed by atoms with van der Waals surface area (Å²) in [7, 11) is 0. The number of fused-ring (bicyclic) bond motifs is 6. The molecule has 9 aromatic carbocycles. The van der Waals surface area contributed by atoms with Crippen LogP contribution in [0.5, 0.6) is 0 Å². The highest BCUT2D eigenvalue weighted by Crippen LogP contribution is 2.46. The van der Waals surface area contributed by atoms with E-state index >= 15 is 0 Å². The van der Waals surface area contributed by atoms with Crippen molar-refractivity contribution in [1.82, 2.24) is 0 Å². The number of para-hydroxylation sites is 4. The van der Waals surface area contributed by atoms with Crippen LogP contribution in [0.25, 0.3) is 88.4 Å². The molecule has 0 aliphatic rings. The van der Waals surface area contributed by atoms with Crippen molar-refractivity contribution in [2.24, 2.45) is 0 Å². The minimum Gasteiger partial charge on any atom is -0.456 e. The van der Waals surface area contributed by atoms with E-state index in [0.717, 1.165) is 83.2 Å². The molecule has 11 rings (SSSR count). The summed E-state index contributed by atoms with van der Waals surface area (Å²) in [4.78, 5) is 2.35. The van der Waals surface area contributed by atoms with Crippen molar-refractivity contribution in [3.05, 3.63) is 212 Å². The zero-order valence-corrected chi connectivity index (χ0v) is 31.0. The van der Waals surface area contributed by atoms with E-state index in [2.05, 4.69) is 193 Å². The van der Waals surface area contributed by atoms with Crippen molar-refractivity contribution in [3.63, 3.8) is 0 Å². The quantitative estimate of drug-likeness (QED) is 0.164. The Labute approximate surface area is 330 Å². The lowest BCUT2D eigenvalue weighted by Gasteiger charge is -2.28. The third kappa shape index (κ3) is 5.60. The van der Waals surface area contributed by atoms with E-state index in [-0.39, 0.29) is 0 Å². The highest BCUT2D eigenvalue weighted by molar-refractivity contribution is 6.10. The number of rotatable bonds is 7. The summed E-state index contributed by atoms with van der Waals surface area (Å²) in [5, 5.41) is 4.46. The zero-order valence-electron chi connectivity index (χ0n) is 31.0. The summed E-state index contributed by atoms with van der Waals surface area (Å²) < 4.78 is 12.9. The number of anilines is 3. The van der Waals surface area contributed by atoms with Crippen LogP contribution in [-0.4, -0.2) is 0 Å². The second-order valence-electron chi connectivity index (χ2n) is 14.4. The SMILES string of the molecule is c1ccc(-c2ccccc2-c2ccccc2-c2ccccc2N(c2ccc(-c3cccc4c3oc3ccccc34)cc2)c2ccc3c(c2)oc2ccccc23)cc1. The summed E-state index contributed by atoms with van der Waals surface area (Å²) in [5.74, 6) is 0. The van der Waals surface area contributed by atoms with E-state index in [4.69, 9.17) is 8.83 Å². The van der Waals surface area contributed by atoms with Crippen LogP contribution in [-0.2, 0) is 0 Å². The van der Waals surface area contributed by atoms with Gasteiger partial charge in [-0.25, -0.2) is 0 Å². The van der Waals surface area contributed by atoms with Gasteiger partial charge in [0.25, 0.3) is 0 Å². The van der Waals surface area contributed by atoms with Crippen LogP contribution in [0, 0.1) is 0 Å². The molecule has 0 saturated heterocycles. The summed E-state index contributed by atoms with van der Waals surface area (Å²) in [6.07, 6.45) is 0. The van der Waals surface area contributed by atoms with E-state index < -0.39 is 0 Å². The Balaban J connectivity index is 1.09. The minimum absolute atomic E-state index is 0.849. The fourth-order valence-electron chi connectivity index (χ4n) is 8.48. The second kappa shape index (κ2) is 13.6. The molecule has 2 aromatic heterocycles. The van der Waals surface area contributed by atoms with Gasteiger partial charge in [-0.2, -0.15) is 0 Å². The summed E-state index contributed by atoms with van der Waals surface area (Å²) in [6.45, 7) is 0. The molecule has 0 saturated carbocycles. The minimum atomic E-state index is 0.849. The Morgan fingerprint density at radius 3 is 1.53 bits per heavy atom. The van der Waals surface area contributed by atoms with Crippen LogP contribution < -0.4 is 4.90 Å². The van der Waals surface area contributed by atoms with Gasteiger partial charge in [-0.05, 0) is 75.8 Å². The first-order chi connectivity index (χ1) is 28.3. The van der Waals surface area contributed by atoms with Gasteiger partial charge >= 0.3 is 0 Å². The zero-order chi connectivity index (χ0) is 37.7. The maximum Gasteiger partial charge on any atom is 0.143 e. The van der Waals surface area contributed by atoms with Gasteiger partial charge in [0.15, 0.2) is 0 Å². The van der Waals surface area contributed by atoms with Gasteiger partial charge in [0.2, 0.25) is 0 Å². The maximum absolute atomic E-state index is 6.47. The molecule has 0 unspecified atom stereocenters. The Bertz CT molecular complexity index is 3240. The third-order valence-corrected chi connectivity index (χ3v) is 11.1. The molecule has 0 aliphatic carbocycles. The number of furan rings is 2. The molecule has 0 bridgehead atoms. The highest BCUT2D eigenvalue weighted by Gasteiger charge is 2.22. The monoisotopic (exact) mass is 729 g/mol. The third-order valence-electron chi connectivity index (χ3n) is 11.1. The van der Waals surface area contributed by atoms with Crippen LogP contribution in [0.2, 0.25) is 0 Å². The van der Waals surface area contributed by atoms with Crippen LogP contribution in [0.1, 0.15) is 0 Å². The lowest BCUT2D eigenvalue weighted by molar-refractivity contribution is 0.669. The molecule has 0 atom stereocenters. The average molecular weight is 730 g/mol. The van der Waals surface area contributed by atoms with Crippen molar-refractivity contribution < 1.29 is 8.83 Å². The Kier molecular flexibility index (Phi) is 7.82. The number of benzene rings is 9. The Hall–Kier alpha value is -7.62. The predicted molar refractivity (Wildman–Crippen MR) is 237 cm³/mol. The van der Waals surface area contributed by atoms with E-state index in [1.54, 1.807) is 0 Å². The standard InChI is InChI=1S/C54H35NO2/c1-2-15-36(16-3-1)40-17-4-5-18-42(40)43-19-6-7-20-44(43)45-21-8-11-26-50(45)55(39-33-34-48-46-22-9-12-27-51(46)56-53(48)35-39)38-31-29-37(30-32-38)41-24-14-25-49-47-23-10-13-28-52(47)57-54(41)49/h1-35H. The Morgan fingerprint density at radius 2 is 0.772 bits per heavy atom. The van der Waals surface area contributed by atoms with Crippen molar-refractivity contribution >= 4 is 60.9 Å². The molecule has 0 N–H and O–H groups in total. The lowest BCUT2D eigenvalue weighted by Crippen LogP contribution is -2.11. The van der Waals surface area contributed by atoms with Crippen LogP contribution in [0.15, 0.2) is 221 Å². The molecule has 0 aliphatic heterocycles. The molecular formula is C54H35NO2. The highest BCUT2D eigenvalue weighted by atomic mass is 16.3. The molecule has 0 amide bonds. The number of hydrogen-bond acceptors (Lipinski definition) is 3. The van der Waals surface area contributed by atoms with Gasteiger partial charge in [-0.1, -0.05) is 164 Å². The molecule has 11 aromatic rings. The van der Waals surface area contributed by atoms with Crippen LogP contribution >= 0.6 is 0 Å². The van der Waals surface area contributed by atoms with E-state index in [9.17, 15) is 0 Å². The molecule has 3 heteroatoms. The van der Waals surface area contributed by atoms with Crippen molar-refractivity contribution in [3.8, 4) is 44.5 Å². The van der Waals surface area contributed by atoms with E-state index in [0.29, 0.717) is 0 Å². The number of nitrogens with zero attached hydrogens (tertiary/aromatic N) is 1. The number of hydrogen-bond donors (Lipinski definition) is 0. The summed E-state index contributed by atoms with van der Waals surface area (Å²) in [6, 6.07) is 75.1. The van der Waals surface area contributed by atoms with Crippen LogP contribution in [0.3, 0.4) is 0 Å². The largest absolute Gasteiger partial charge is 0.456 e. The maximum atomic E-state index is 6.47. The normalized spacial score (nSPS) is 11.5. The Morgan fingerprint density at radius 1 is 0.281 bits per heavy atom. The predicted octanol–water partition coefficient (Wildman–Crippen LogP) is 15.6. The molecular weight excluding hydrogens is 695 g/mol. The summed E-state index contributed by atoms with van der Waals surface area (Å²) >= 11 is 0. The van der Waals surface area contributed by atoms with Gasteiger partial charge < -0.3 is 13.7 Å². The fraction of sp³-hybridized carbons (Fsp3) is 0. The molecule has 0 fully saturated rings. The van der Waals surface area contributed by atoms with Crippen molar-refractivity contribution in [1.29, 1.82) is 0 Å².